The van der Waals surface area contributed by atoms with Crippen LogP contribution in [0.25, 0.3) is 5.69 Å². The van der Waals surface area contributed by atoms with Crippen LogP contribution in [0.1, 0.15) is 11.4 Å². The number of nitrogens with zero attached hydrogens (tertiary/aromatic N) is 5. The molecule has 2 heterocycles. The molecule has 0 spiro atoms. The third kappa shape index (κ3) is 3.39. The van der Waals surface area contributed by atoms with Gasteiger partial charge < -0.3 is 4.57 Å². The lowest BCUT2D eigenvalue weighted by Gasteiger charge is -2.07. The van der Waals surface area contributed by atoms with Crippen molar-refractivity contribution in [3.8, 4) is 5.69 Å². The van der Waals surface area contributed by atoms with Crippen molar-refractivity contribution >= 4 is 11.8 Å². The van der Waals surface area contributed by atoms with Gasteiger partial charge in [0.25, 0.3) is 0 Å². The quantitative estimate of drug-likeness (QED) is 0.684. The summed E-state index contributed by atoms with van der Waals surface area (Å²) in [7, 11) is 1.31. The molecule has 0 saturated carbocycles. The SMILES string of the molecule is Cn1c(SCc2ccc(-n3cccn3)cc2)nnc1C(F)(F)F. The van der Waals surface area contributed by atoms with Crippen LogP contribution in [0.5, 0.6) is 0 Å². The second-order valence-corrected chi connectivity index (χ2v) is 5.71. The molecule has 120 valence electrons. The Kier molecular flexibility index (Phi) is 4.12. The van der Waals surface area contributed by atoms with E-state index in [1.54, 1.807) is 10.9 Å². The number of rotatable bonds is 4. The van der Waals surface area contributed by atoms with Gasteiger partial charge in [0.05, 0.1) is 5.69 Å². The third-order valence-electron chi connectivity index (χ3n) is 3.16. The smallest absolute Gasteiger partial charge is 0.302 e. The van der Waals surface area contributed by atoms with Crippen molar-refractivity contribution in [1.82, 2.24) is 24.5 Å². The third-order valence-corrected chi connectivity index (χ3v) is 4.25. The standard InChI is InChI=1S/C14H12F3N5S/c1-21-12(14(15,16)17)19-20-13(21)23-9-10-3-5-11(6-4-10)22-8-2-7-18-22/h2-8H,9H2,1H3. The minimum atomic E-state index is -4.49. The molecule has 9 heteroatoms. The van der Waals surface area contributed by atoms with Gasteiger partial charge in [0.15, 0.2) is 5.16 Å². The van der Waals surface area contributed by atoms with Gasteiger partial charge in [-0.3, -0.25) is 0 Å². The summed E-state index contributed by atoms with van der Waals surface area (Å²) in [6, 6.07) is 9.45. The van der Waals surface area contributed by atoms with E-state index >= 15 is 0 Å². The maximum Gasteiger partial charge on any atom is 0.451 e. The van der Waals surface area contributed by atoms with Crippen LogP contribution in [0.3, 0.4) is 0 Å². The molecule has 0 atom stereocenters. The Labute approximate surface area is 134 Å². The van der Waals surface area contributed by atoms with E-state index in [-0.39, 0.29) is 5.16 Å². The highest BCUT2D eigenvalue weighted by Crippen LogP contribution is 2.30. The van der Waals surface area contributed by atoms with Gasteiger partial charge in [0.2, 0.25) is 5.82 Å². The van der Waals surface area contributed by atoms with Gasteiger partial charge >= 0.3 is 6.18 Å². The van der Waals surface area contributed by atoms with E-state index in [2.05, 4.69) is 15.3 Å². The number of aromatic nitrogens is 5. The van der Waals surface area contributed by atoms with Crippen LogP contribution in [0, 0.1) is 0 Å². The van der Waals surface area contributed by atoms with E-state index in [0.29, 0.717) is 5.75 Å². The first kappa shape index (κ1) is 15.6. The monoisotopic (exact) mass is 339 g/mol. The number of hydrogen-bond acceptors (Lipinski definition) is 4. The maximum absolute atomic E-state index is 12.7. The molecular weight excluding hydrogens is 327 g/mol. The predicted octanol–water partition coefficient (Wildman–Crippen LogP) is 3.31. The molecule has 1 aromatic carbocycles. The van der Waals surface area contributed by atoms with Gasteiger partial charge in [-0.05, 0) is 23.8 Å². The Morgan fingerprint density at radius 2 is 1.87 bits per heavy atom. The van der Waals surface area contributed by atoms with Crippen molar-refractivity contribution in [2.24, 2.45) is 7.05 Å². The zero-order chi connectivity index (χ0) is 16.4. The van der Waals surface area contributed by atoms with Crippen molar-refractivity contribution in [3.05, 3.63) is 54.1 Å². The van der Waals surface area contributed by atoms with Crippen molar-refractivity contribution in [3.63, 3.8) is 0 Å². The molecule has 0 aliphatic rings. The number of benzene rings is 1. The molecular formula is C14H12F3N5S. The summed E-state index contributed by atoms with van der Waals surface area (Å²) in [5.74, 6) is -0.488. The fourth-order valence-corrected chi connectivity index (χ4v) is 2.87. The maximum atomic E-state index is 12.7. The Morgan fingerprint density at radius 3 is 2.43 bits per heavy atom. The van der Waals surface area contributed by atoms with Crippen molar-refractivity contribution in [2.45, 2.75) is 17.1 Å². The van der Waals surface area contributed by atoms with E-state index in [4.69, 9.17) is 0 Å². The van der Waals surface area contributed by atoms with E-state index < -0.39 is 12.0 Å². The average molecular weight is 339 g/mol. The molecule has 5 nitrogen and oxygen atoms in total. The van der Waals surface area contributed by atoms with Crippen molar-refractivity contribution < 1.29 is 13.2 Å². The van der Waals surface area contributed by atoms with Gasteiger partial charge in [0.1, 0.15) is 0 Å². The summed E-state index contributed by atoms with van der Waals surface area (Å²) in [6.07, 6.45) is -0.968. The van der Waals surface area contributed by atoms with Gasteiger partial charge in [0, 0.05) is 25.2 Å². The molecule has 2 aromatic heterocycles. The number of halogens is 3. The van der Waals surface area contributed by atoms with E-state index in [0.717, 1.165) is 15.8 Å². The fourth-order valence-electron chi connectivity index (χ4n) is 2.00. The Morgan fingerprint density at radius 1 is 1.13 bits per heavy atom. The van der Waals surface area contributed by atoms with Crippen LogP contribution in [-0.4, -0.2) is 24.5 Å². The predicted molar refractivity (Wildman–Crippen MR) is 79.1 cm³/mol. The number of alkyl halides is 3. The molecule has 0 fully saturated rings. The Hall–Kier alpha value is -2.29. The van der Waals surface area contributed by atoms with Crippen LogP contribution < -0.4 is 0 Å². The average Bonchev–Trinajstić information content (AvgIpc) is 3.15. The summed E-state index contributed by atoms with van der Waals surface area (Å²) >= 11 is 1.21. The lowest BCUT2D eigenvalue weighted by molar-refractivity contribution is -0.147. The molecule has 3 aromatic rings. The molecule has 0 aliphatic carbocycles. The molecule has 23 heavy (non-hydrogen) atoms. The largest absolute Gasteiger partial charge is 0.451 e. The lowest BCUT2D eigenvalue weighted by atomic mass is 10.2. The first-order valence-corrected chi connectivity index (χ1v) is 7.62. The molecule has 0 saturated heterocycles. The van der Waals surface area contributed by atoms with Crippen LogP contribution >= 0.6 is 11.8 Å². The Balaban J connectivity index is 1.68. The van der Waals surface area contributed by atoms with Crippen LogP contribution in [0.4, 0.5) is 13.2 Å². The van der Waals surface area contributed by atoms with Crippen molar-refractivity contribution in [1.29, 1.82) is 0 Å². The van der Waals surface area contributed by atoms with Crippen LogP contribution in [0.2, 0.25) is 0 Å². The van der Waals surface area contributed by atoms with E-state index in [1.807, 2.05) is 36.5 Å². The molecule has 0 amide bonds. The second-order valence-electron chi connectivity index (χ2n) is 4.77. The summed E-state index contributed by atoms with van der Waals surface area (Å²) in [6.45, 7) is 0. The summed E-state index contributed by atoms with van der Waals surface area (Å²) < 4.78 is 40.7. The van der Waals surface area contributed by atoms with Gasteiger partial charge in [-0.1, -0.05) is 23.9 Å². The highest BCUT2D eigenvalue weighted by molar-refractivity contribution is 7.98. The van der Waals surface area contributed by atoms with Gasteiger partial charge in [-0.15, -0.1) is 10.2 Å². The van der Waals surface area contributed by atoms with Gasteiger partial charge in [-0.25, -0.2) is 4.68 Å². The second kappa shape index (κ2) is 6.07. The zero-order valence-electron chi connectivity index (χ0n) is 12.0. The first-order valence-electron chi connectivity index (χ1n) is 6.63. The highest BCUT2D eigenvalue weighted by atomic mass is 32.2. The zero-order valence-corrected chi connectivity index (χ0v) is 12.8. The summed E-state index contributed by atoms with van der Waals surface area (Å²) in [5, 5.41) is 11.2. The van der Waals surface area contributed by atoms with Crippen molar-refractivity contribution in [2.75, 3.05) is 0 Å². The van der Waals surface area contributed by atoms with E-state index in [9.17, 15) is 13.2 Å². The molecule has 0 aliphatic heterocycles. The number of thioether (sulfide) groups is 1. The lowest BCUT2D eigenvalue weighted by Crippen LogP contribution is -2.12. The Bertz CT molecular complexity index is 778. The first-order chi connectivity index (χ1) is 10.9. The summed E-state index contributed by atoms with van der Waals surface area (Å²) in [4.78, 5) is 0. The molecule has 0 radical (unpaired) electrons. The molecule has 3 rings (SSSR count). The number of hydrogen-bond donors (Lipinski definition) is 0. The fraction of sp³-hybridized carbons (Fsp3) is 0.214. The molecule has 0 unspecified atom stereocenters. The highest BCUT2D eigenvalue weighted by Gasteiger charge is 2.37. The van der Waals surface area contributed by atoms with Gasteiger partial charge in [-0.2, -0.15) is 18.3 Å². The minimum absolute atomic E-state index is 0.230. The molecule has 0 N–H and O–H groups in total. The van der Waals surface area contributed by atoms with E-state index in [1.165, 1.54) is 18.8 Å². The molecule has 0 bridgehead atoms. The van der Waals surface area contributed by atoms with Crippen LogP contribution in [0.15, 0.2) is 47.9 Å². The van der Waals surface area contributed by atoms with Crippen LogP contribution in [-0.2, 0) is 19.0 Å². The normalized spacial score (nSPS) is 11.8. The minimum Gasteiger partial charge on any atom is -0.302 e. The topological polar surface area (TPSA) is 48.5 Å². The summed E-state index contributed by atoms with van der Waals surface area (Å²) in [5.41, 5.74) is 1.89.